The van der Waals surface area contributed by atoms with Crippen LogP contribution in [0.5, 0.6) is 0 Å². The summed E-state index contributed by atoms with van der Waals surface area (Å²) in [6, 6.07) is 0. The van der Waals surface area contributed by atoms with E-state index in [0.717, 1.165) is 32.1 Å². The van der Waals surface area contributed by atoms with Gasteiger partial charge in [0.05, 0.1) is 6.42 Å². The van der Waals surface area contributed by atoms with E-state index in [1.807, 2.05) is 0 Å². The highest BCUT2D eigenvalue weighted by atomic mass is 16.7. The van der Waals surface area contributed by atoms with Crippen LogP contribution in [-0.2, 0) is 19.1 Å². The first kappa shape index (κ1) is 18.3. The summed E-state index contributed by atoms with van der Waals surface area (Å²) in [6.07, 6.45) is 3.16. The van der Waals surface area contributed by atoms with Crippen molar-refractivity contribution in [2.45, 2.75) is 65.1 Å². The number of alkyl carbamates (subject to hydrolysis) is 1. The molecule has 126 valence electrons. The Balaban J connectivity index is 2.45. The van der Waals surface area contributed by atoms with Crippen LogP contribution in [0.25, 0.3) is 0 Å². The van der Waals surface area contributed by atoms with Crippen LogP contribution in [0.4, 0.5) is 4.79 Å². The highest BCUT2D eigenvalue weighted by Gasteiger charge is 2.35. The molecular weight excluding hydrogens is 290 g/mol. The van der Waals surface area contributed by atoms with Crippen molar-refractivity contribution < 1.29 is 29.0 Å². The van der Waals surface area contributed by atoms with Gasteiger partial charge in [-0.1, -0.05) is 26.2 Å². The second kappa shape index (κ2) is 8.60. The van der Waals surface area contributed by atoms with Crippen molar-refractivity contribution in [2.75, 3.05) is 6.54 Å². The van der Waals surface area contributed by atoms with Crippen LogP contribution >= 0.6 is 0 Å². The number of ether oxygens (including phenoxy) is 2. The Morgan fingerprint density at radius 2 is 1.82 bits per heavy atom. The highest BCUT2D eigenvalue weighted by Crippen LogP contribution is 2.38. The van der Waals surface area contributed by atoms with Gasteiger partial charge >= 0.3 is 18.0 Å². The lowest BCUT2D eigenvalue weighted by atomic mass is 9.72. The van der Waals surface area contributed by atoms with Crippen LogP contribution in [0.1, 0.15) is 58.8 Å². The smallest absolute Gasteiger partial charge is 0.410 e. The SMILES string of the molecule is CCC(=O)OC(C)OC(=O)NCC1(CC(=O)O)CCCCC1. The summed E-state index contributed by atoms with van der Waals surface area (Å²) in [6.45, 7) is 3.36. The molecule has 7 heteroatoms. The zero-order valence-electron chi connectivity index (χ0n) is 13.2. The van der Waals surface area contributed by atoms with Crippen molar-refractivity contribution in [3.8, 4) is 0 Å². The van der Waals surface area contributed by atoms with Crippen molar-refractivity contribution in [2.24, 2.45) is 5.41 Å². The number of hydrogen-bond donors (Lipinski definition) is 2. The van der Waals surface area contributed by atoms with E-state index in [1.165, 1.54) is 6.92 Å². The summed E-state index contributed by atoms with van der Waals surface area (Å²) in [5, 5.41) is 11.7. The first-order valence-electron chi connectivity index (χ1n) is 7.72. The van der Waals surface area contributed by atoms with Crippen molar-refractivity contribution >= 4 is 18.0 Å². The summed E-state index contributed by atoms with van der Waals surface area (Å²) in [4.78, 5) is 33.9. The number of carbonyl (C=O) groups excluding carboxylic acids is 2. The second-order valence-corrected chi connectivity index (χ2v) is 5.80. The molecule has 1 rings (SSSR count). The van der Waals surface area contributed by atoms with Crippen LogP contribution in [0.2, 0.25) is 0 Å². The molecule has 0 bridgehead atoms. The topological polar surface area (TPSA) is 102 Å². The molecule has 1 unspecified atom stereocenters. The lowest BCUT2D eigenvalue weighted by molar-refractivity contribution is -0.164. The minimum absolute atomic E-state index is 0.0354. The van der Waals surface area contributed by atoms with Gasteiger partial charge in [0.1, 0.15) is 0 Å². The van der Waals surface area contributed by atoms with Gasteiger partial charge in [-0.2, -0.15) is 0 Å². The summed E-state index contributed by atoms with van der Waals surface area (Å²) in [5.74, 6) is -1.31. The monoisotopic (exact) mass is 315 g/mol. The van der Waals surface area contributed by atoms with Crippen LogP contribution in [-0.4, -0.2) is 36.0 Å². The summed E-state index contributed by atoms with van der Waals surface area (Å²) < 4.78 is 9.76. The quantitative estimate of drug-likeness (QED) is 0.552. The molecule has 0 aromatic heterocycles. The van der Waals surface area contributed by atoms with E-state index in [2.05, 4.69) is 5.32 Å². The predicted octanol–water partition coefficient (Wildman–Crippen LogP) is 2.44. The maximum atomic E-state index is 11.7. The van der Waals surface area contributed by atoms with Crippen molar-refractivity contribution in [3.63, 3.8) is 0 Å². The molecule has 0 saturated heterocycles. The molecule has 1 saturated carbocycles. The van der Waals surface area contributed by atoms with Crippen molar-refractivity contribution in [1.29, 1.82) is 0 Å². The zero-order valence-corrected chi connectivity index (χ0v) is 13.2. The predicted molar refractivity (Wildman–Crippen MR) is 78.1 cm³/mol. The molecule has 2 N–H and O–H groups in total. The fourth-order valence-electron chi connectivity index (χ4n) is 2.78. The second-order valence-electron chi connectivity index (χ2n) is 5.80. The lowest BCUT2D eigenvalue weighted by Gasteiger charge is -2.36. The van der Waals surface area contributed by atoms with Crippen LogP contribution < -0.4 is 5.32 Å². The van der Waals surface area contributed by atoms with Gasteiger partial charge in [-0.3, -0.25) is 9.59 Å². The first-order chi connectivity index (χ1) is 10.4. The standard InChI is InChI=1S/C15H25NO6/c1-3-13(19)21-11(2)22-14(20)16-10-15(9-12(17)18)7-5-4-6-8-15/h11H,3-10H2,1-2H3,(H,16,20)(H,17,18). The zero-order chi connectivity index (χ0) is 16.6. The molecule has 0 heterocycles. The summed E-state index contributed by atoms with van der Waals surface area (Å²) in [5.41, 5.74) is -0.410. The van der Waals surface area contributed by atoms with Crippen LogP contribution in [0.15, 0.2) is 0 Å². The molecule has 22 heavy (non-hydrogen) atoms. The number of carboxylic acid groups (broad SMARTS) is 1. The molecule has 0 aromatic rings. The molecule has 0 radical (unpaired) electrons. The third-order valence-electron chi connectivity index (χ3n) is 3.91. The first-order valence-corrected chi connectivity index (χ1v) is 7.72. The molecule has 1 atom stereocenters. The fourth-order valence-corrected chi connectivity index (χ4v) is 2.78. The van der Waals surface area contributed by atoms with Gasteiger partial charge in [0, 0.05) is 19.9 Å². The third kappa shape index (κ3) is 6.32. The summed E-state index contributed by atoms with van der Waals surface area (Å²) >= 11 is 0. The van der Waals surface area contributed by atoms with Gasteiger partial charge in [-0.05, 0) is 18.3 Å². The third-order valence-corrected chi connectivity index (χ3v) is 3.91. The minimum Gasteiger partial charge on any atom is -0.481 e. The normalized spacial score (nSPS) is 18.1. The van der Waals surface area contributed by atoms with Gasteiger partial charge in [-0.15, -0.1) is 0 Å². The number of hydrogen-bond acceptors (Lipinski definition) is 5. The van der Waals surface area contributed by atoms with E-state index in [9.17, 15) is 14.4 Å². The Kier molecular flexibility index (Phi) is 7.14. The molecule has 1 fully saturated rings. The van der Waals surface area contributed by atoms with E-state index in [4.69, 9.17) is 14.6 Å². The maximum absolute atomic E-state index is 11.7. The molecular formula is C15H25NO6. The van der Waals surface area contributed by atoms with Gasteiger partial charge in [0.15, 0.2) is 0 Å². The molecule has 0 aliphatic heterocycles. The van der Waals surface area contributed by atoms with Gasteiger partial charge < -0.3 is 19.9 Å². The Labute approximate surface area is 130 Å². The number of amides is 1. The van der Waals surface area contributed by atoms with E-state index >= 15 is 0 Å². The van der Waals surface area contributed by atoms with Crippen LogP contribution in [0, 0.1) is 5.41 Å². The Morgan fingerprint density at radius 1 is 1.18 bits per heavy atom. The molecule has 1 aliphatic rings. The van der Waals surface area contributed by atoms with Crippen molar-refractivity contribution in [1.82, 2.24) is 5.32 Å². The minimum atomic E-state index is -0.964. The number of rotatable bonds is 7. The average molecular weight is 315 g/mol. The number of esters is 1. The van der Waals surface area contributed by atoms with E-state index in [-0.39, 0.29) is 19.4 Å². The van der Waals surface area contributed by atoms with Crippen molar-refractivity contribution in [3.05, 3.63) is 0 Å². The number of aliphatic carboxylic acids is 1. The Morgan fingerprint density at radius 3 is 2.36 bits per heavy atom. The lowest BCUT2D eigenvalue weighted by Crippen LogP contribution is -2.41. The van der Waals surface area contributed by atoms with E-state index in [0.29, 0.717) is 0 Å². The van der Waals surface area contributed by atoms with Gasteiger partial charge in [0.2, 0.25) is 6.29 Å². The van der Waals surface area contributed by atoms with E-state index < -0.39 is 29.7 Å². The number of carboxylic acids is 1. The molecule has 0 aromatic carbocycles. The molecule has 1 amide bonds. The maximum Gasteiger partial charge on any atom is 0.410 e. The number of carbonyl (C=O) groups is 3. The summed E-state index contributed by atoms with van der Waals surface area (Å²) in [7, 11) is 0. The molecule has 1 aliphatic carbocycles. The highest BCUT2D eigenvalue weighted by molar-refractivity contribution is 5.70. The average Bonchev–Trinajstić information content (AvgIpc) is 2.45. The molecule has 0 spiro atoms. The van der Waals surface area contributed by atoms with Crippen LogP contribution in [0.3, 0.4) is 0 Å². The Bertz CT molecular complexity index is 403. The van der Waals surface area contributed by atoms with Gasteiger partial charge in [0.25, 0.3) is 0 Å². The number of nitrogens with one attached hydrogen (secondary N) is 1. The molecule has 7 nitrogen and oxygen atoms in total. The van der Waals surface area contributed by atoms with E-state index in [1.54, 1.807) is 6.92 Å². The van der Waals surface area contributed by atoms with Gasteiger partial charge in [-0.25, -0.2) is 4.79 Å². The largest absolute Gasteiger partial charge is 0.481 e. The fraction of sp³-hybridized carbons (Fsp3) is 0.800. The Hall–Kier alpha value is -1.79.